The molecule has 0 unspecified atom stereocenters. The van der Waals surface area contributed by atoms with Gasteiger partial charge in [0.25, 0.3) is 0 Å². The average Bonchev–Trinajstić information content (AvgIpc) is 2.70. The van der Waals surface area contributed by atoms with Gasteiger partial charge in [-0.3, -0.25) is 9.59 Å². The molecule has 0 aromatic heterocycles. The second-order valence-corrected chi connectivity index (χ2v) is 7.07. The largest absolute Gasteiger partial charge is 0.382 e. The van der Waals surface area contributed by atoms with Crippen LogP contribution < -0.4 is 0 Å². The Morgan fingerprint density at radius 2 is 1.63 bits per heavy atom. The van der Waals surface area contributed by atoms with Crippen LogP contribution in [0.4, 0.5) is 4.39 Å². The molecule has 1 saturated heterocycles. The number of Topliss-reactive ketones (excluding diaryl/α,β-unsaturated/α-hetero) is 2. The Morgan fingerprint density at radius 3 is 2.30 bits per heavy atom. The summed E-state index contributed by atoms with van der Waals surface area (Å²) in [6, 6.07) is 14.9. The molecule has 142 valence electrons. The fourth-order valence-corrected chi connectivity index (χ4v) is 3.52. The van der Waals surface area contributed by atoms with Gasteiger partial charge in [-0.05, 0) is 37.9 Å². The second kappa shape index (κ2) is 8.55. The monoisotopic (exact) mass is 369 g/mol. The van der Waals surface area contributed by atoms with E-state index in [-0.39, 0.29) is 23.6 Å². The number of carbonyl (C=O) groups excluding carboxylic acids is 2. The molecule has 27 heavy (non-hydrogen) atoms. The van der Waals surface area contributed by atoms with Crippen LogP contribution in [0.3, 0.4) is 0 Å². The van der Waals surface area contributed by atoms with Crippen molar-refractivity contribution in [2.75, 3.05) is 19.6 Å². The number of halogens is 1. The molecule has 1 heterocycles. The van der Waals surface area contributed by atoms with E-state index in [0.717, 1.165) is 0 Å². The average molecular weight is 369 g/mol. The fraction of sp³-hybridized carbons (Fsp3) is 0.364. The summed E-state index contributed by atoms with van der Waals surface area (Å²) >= 11 is 0. The highest BCUT2D eigenvalue weighted by Gasteiger charge is 2.39. The molecule has 0 aliphatic carbocycles. The van der Waals surface area contributed by atoms with Crippen molar-refractivity contribution in [2.24, 2.45) is 0 Å². The van der Waals surface area contributed by atoms with Crippen LogP contribution in [0, 0.1) is 5.82 Å². The van der Waals surface area contributed by atoms with E-state index >= 15 is 0 Å². The lowest BCUT2D eigenvalue weighted by atomic mass is 9.84. The van der Waals surface area contributed by atoms with Crippen molar-refractivity contribution in [1.29, 1.82) is 0 Å². The first-order valence-corrected chi connectivity index (χ1v) is 9.32. The molecule has 1 aliphatic rings. The van der Waals surface area contributed by atoms with Gasteiger partial charge in [0, 0.05) is 25.1 Å². The van der Waals surface area contributed by atoms with Crippen molar-refractivity contribution >= 4 is 11.6 Å². The number of likely N-dealkylation sites (tertiary alicyclic amines) is 1. The van der Waals surface area contributed by atoms with E-state index in [1.165, 1.54) is 12.1 Å². The Balaban J connectivity index is 1.46. The summed E-state index contributed by atoms with van der Waals surface area (Å²) in [5.41, 5.74) is -0.649. The summed E-state index contributed by atoms with van der Waals surface area (Å²) < 4.78 is 13.6. The highest BCUT2D eigenvalue weighted by Crippen LogP contribution is 2.26. The second-order valence-electron chi connectivity index (χ2n) is 7.07. The van der Waals surface area contributed by atoms with E-state index in [0.29, 0.717) is 44.5 Å². The summed E-state index contributed by atoms with van der Waals surface area (Å²) in [7, 11) is 0. The van der Waals surface area contributed by atoms with Crippen LogP contribution in [0.1, 0.15) is 46.4 Å². The third-order valence-electron chi connectivity index (χ3n) is 5.19. The van der Waals surface area contributed by atoms with Crippen molar-refractivity contribution in [2.45, 2.75) is 31.3 Å². The van der Waals surface area contributed by atoms with Crippen molar-refractivity contribution in [3.8, 4) is 0 Å². The predicted molar refractivity (Wildman–Crippen MR) is 101 cm³/mol. The molecular weight excluding hydrogens is 345 g/mol. The van der Waals surface area contributed by atoms with E-state index in [4.69, 9.17) is 0 Å². The molecule has 0 bridgehead atoms. The number of hydrogen-bond acceptors (Lipinski definition) is 4. The zero-order valence-electron chi connectivity index (χ0n) is 15.2. The van der Waals surface area contributed by atoms with E-state index in [1.54, 1.807) is 36.4 Å². The molecule has 0 spiro atoms. The summed E-state index contributed by atoms with van der Waals surface area (Å²) in [6.45, 7) is 1.89. The van der Waals surface area contributed by atoms with Gasteiger partial charge < -0.3 is 10.0 Å². The van der Waals surface area contributed by atoms with Crippen LogP contribution >= 0.6 is 0 Å². The molecule has 3 rings (SSSR count). The number of ketones is 2. The molecule has 5 heteroatoms. The lowest BCUT2D eigenvalue weighted by molar-refractivity contribution is -0.00648. The first-order chi connectivity index (χ1) is 13.0. The number of nitrogens with zero attached hydrogens (tertiary/aromatic N) is 1. The van der Waals surface area contributed by atoms with Gasteiger partial charge in [-0.25, -0.2) is 4.39 Å². The Kier molecular flexibility index (Phi) is 6.14. The lowest BCUT2D eigenvalue weighted by Gasteiger charge is -2.37. The van der Waals surface area contributed by atoms with Gasteiger partial charge in [0.15, 0.2) is 11.6 Å². The van der Waals surface area contributed by atoms with Crippen molar-refractivity contribution in [3.63, 3.8) is 0 Å². The summed E-state index contributed by atoms with van der Waals surface area (Å²) in [6.07, 6.45) is 1.66. The Bertz CT molecular complexity index is 798. The zero-order valence-corrected chi connectivity index (χ0v) is 15.2. The van der Waals surface area contributed by atoms with Crippen LogP contribution in [0.5, 0.6) is 0 Å². The van der Waals surface area contributed by atoms with Crippen molar-refractivity contribution < 1.29 is 19.1 Å². The van der Waals surface area contributed by atoms with Gasteiger partial charge in [-0.2, -0.15) is 0 Å². The molecule has 1 N–H and O–H groups in total. The molecule has 1 fully saturated rings. The van der Waals surface area contributed by atoms with Crippen LogP contribution in [-0.4, -0.2) is 46.8 Å². The highest BCUT2D eigenvalue weighted by atomic mass is 19.1. The maximum Gasteiger partial charge on any atom is 0.194 e. The number of carbonyl (C=O) groups is 2. The Hall–Kier alpha value is -2.37. The molecule has 1 aliphatic heterocycles. The Morgan fingerprint density at radius 1 is 1.00 bits per heavy atom. The smallest absolute Gasteiger partial charge is 0.194 e. The Labute approximate surface area is 158 Å². The molecule has 0 radical (unpaired) electrons. The van der Waals surface area contributed by atoms with Crippen LogP contribution in [0.25, 0.3) is 0 Å². The zero-order chi connectivity index (χ0) is 19.3. The molecule has 4 nitrogen and oxygen atoms in total. The molecule has 2 aromatic carbocycles. The number of aliphatic hydroxyl groups is 1. The molecule has 0 atom stereocenters. The SMILES string of the molecule is O=C(CCCN1CCC(O)(C(=O)c2ccccc2)CC1)c1ccccc1F. The maximum absolute atomic E-state index is 13.6. The lowest BCUT2D eigenvalue weighted by Crippen LogP contribution is -2.49. The minimum Gasteiger partial charge on any atom is -0.382 e. The maximum atomic E-state index is 13.6. The predicted octanol–water partition coefficient (Wildman–Crippen LogP) is 3.50. The van der Waals surface area contributed by atoms with Gasteiger partial charge >= 0.3 is 0 Å². The standard InChI is InChI=1S/C22H24FNO3/c23-19-10-5-4-9-18(19)20(25)11-6-14-24-15-12-22(27,13-16-24)21(26)17-7-2-1-3-8-17/h1-5,7-10,27H,6,11-16H2. The third-order valence-corrected chi connectivity index (χ3v) is 5.19. The van der Waals surface area contributed by atoms with E-state index in [1.807, 2.05) is 6.07 Å². The highest BCUT2D eigenvalue weighted by molar-refractivity contribution is 6.02. The van der Waals surface area contributed by atoms with Gasteiger partial charge in [-0.15, -0.1) is 0 Å². The number of piperidine rings is 1. The minimum atomic E-state index is -1.32. The third kappa shape index (κ3) is 4.67. The van der Waals surface area contributed by atoms with E-state index < -0.39 is 11.4 Å². The summed E-state index contributed by atoms with van der Waals surface area (Å²) in [5.74, 6) is -0.900. The normalized spacial score (nSPS) is 16.8. The molecule has 2 aromatic rings. The number of rotatable bonds is 7. The topological polar surface area (TPSA) is 57.6 Å². The number of benzene rings is 2. The minimum absolute atomic E-state index is 0.138. The van der Waals surface area contributed by atoms with E-state index in [9.17, 15) is 19.1 Å². The number of hydrogen-bond donors (Lipinski definition) is 1. The first kappa shape index (κ1) is 19.4. The van der Waals surface area contributed by atoms with E-state index in [2.05, 4.69) is 4.90 Å². The molecule has 0 amide bonds. The van der Waals surface area contributed by atoms with Gasteiger partial charge in [0.05, 0.1) is 5.56 Å². The quantitative estimate of drug-likeness (QED) is 0.759. The van der Waals surface area contributed by atoms with Gasteiger partial charge in [-0.1, -0.05) is 42.5 Å². The first-order valence-electron chi connectivity index (χ1n) is 9.32. The molecular formula is C22H24FNO3. The van der Waals surface area contributed by atoms with Crippen molar-refractivity contribution in [1.82, 2.24) is 4.90 Å². The fourth-order valence-electron chi connectivity index (χ4n) is 3.52. The van der Waals surface area contributed by atoms with Gasteiger partial charge in [0.2, 0.25) is 0 Å². The van der Waals surface area contributed by atoms with Gasteiger partial charge in [0.1, 0.15) is 11.4 Å². The summed E-state index contributed by atoms with van der Waals surface area (Å²) in [4.78, 5) is 26.8. The van der Waals surface area contributed by atoms with Crippen LogP contribution in [0.15, 0.2) is 54.6 Å². The molecule has 0 saturated carbocycles. The van der Waals surface area contributed by atoms with Crippen LogP contribution in [-0.2, 0) is 0 Å². The summed E-state index contributed by atoms with van der Waals surface area (Å²) in [5, 5.41) is 10.7. The van der Waals surface area contributed by atoms with Crippen LogP contribution in [0.2, 0.25) is 0 Å². The van der Waals surface area contributed by atoms with Crippen molar-refractivity contribution in [3.05, 3.63) is 71.5 Å².